The van der Waals surface area contributed by atoms with E-state index in [9.17, 15) is 9.18 Å². The Kier molecular flexibility index (Phi) is 4.05. The van der Waals surface area contributed by atoms with E-state index in [-0.39, 0.29) is 12.8 Å². The van der Waals surface area contributed by atoms with E-state index in [2.05, 4.69) is 0 Å². The maximum atomic E-state index is 11.7. The highest BCUT2D eigenvalue weighted by Crippen LogP contribution is 2.10. The molecule has 0 rings (SSSR count). The fourth-order valence-electron chi connectivity index (χ4n) is 0.803. The van der Waals surface area contributed by atoms with Crippen molar-refractivity contribution in [2.45, 2.75) is 25.3 Å². The minimum Gasteiger partial charge on any atom is -0.465 e. The topological polar surface area (TPSA) is 73.1 Å². The Bertz CT molecular complexity index is 202. The largest absolute Gasteiger partial charge is 0.465 e. The lowest BCUT2D eigenvalue weighted by Gasteiger charge is -2.20. The predicted molar refractivity (Wildman–Crippen MR) is 40.4 cm³/mol. The van der Waals surface area contributed by atoms with Gasteiger partial charge in [-0.1, -0.05) is 0 Å². The van der Waals surface area contributed by atoms with E-state index < -0.39 is 18.3 Å². The third-order valence-corrected chi connectivity index (χ3v) is 1.44. The highest BCUT2D eigenvalue weighted by atomic mass is 19.1. The molecule has 0 saturated carbocycles. The average Bonchev–Trinajstić information content (AvgIpc) is 2.00. The molecule has 0 bridgehead atoms. The first-order valence-corrected chi connectivity index (χ1v) is 3.52. The number of amides is 1. The van der Waals surface area contributed by atoms with Gasteiger partial charge in [-0.2, -0.15) is 5.26 Å². The molecule has 1 amide bonds. The number of carbonyl (C=O) groups is 1. The minimum atomic E-state index is -1.27. The third kappa shape index (κ3) is 3.76. The van der Waals surface area contributed by atoms with Crippen molar-refractivity contribution in [1.82, 2.24) is 5.32 Å². The Hall–Kier alpha value is -1.31. The Balaban J connectivity index is 4.07. The second-order valence-electron chi connectivity index (χ2n) is 2.67. The molecule has 0 heterocycles. The van der Waals surface area contributed by atoms with Crippen LogP contribution in [0, 0.1) is 11.3 Å². The zero-order valence-electron chi connectivity index (χ0n) is 6.80. The van der Waals surface area contributed by atoms with Gasteiger partial charge in [0.25, 0.3) is 0 Å². The number of rotatable bonds is 4. The van der Waals surface area contributed by atoms with E-state index in [0.29, 0.717) is 0 Å². The van der Waals surface area contributed by atoms with Crippen molar-refractivity contribution in [2.75, 3.05) is 6.67 Å². The summed E-state index contributed by atoms with van der Waals surface area (Å²) in [5, 5.41) is 18.9. The Morgan fingerprint density at radius 3 is 2.75 bits per heavy atom. The fraction of sp³-hybridized carbons (Fsp3) is 0.714. The first kappa shape index (κ1) is 10.7. The molecule has 0 aromatic heterocycles. The summed E-state index contributed by atoms with van der Waals surface area (Å²) in [4.78, 5) is 10.2. The lowest BCUT2D eigenvalue weighted by Crippen LogP contribution is -2.44. The van der Waals surface area contributed by atoms with Crippen molar-refractivity contribution < 1.29 is 14.3 Å². The molecule has 2 N–H and O–H groups in total. The molecule has 4 nitrogen and oxygen atoms in total. The van der Waals surface area contributed by atoms with E-state index in [1.54, 1.807) is 6.07 Å². The van der Waals surface area contributed by atoms with Crippen molar-refractivity contribution in [3.05, 3.63) is 0 Å². The molecule has 0 aliphatic rings. The highest BCUT2D eigenvalue weighted by Gasteiger charge is 2.24. The Morgan fingerprint density at radius 2 is 2.42 bits per heavy atom. The maximum absolute atomic E-state index is 11.7. The second-order valence-corrected chi connectivity index (χ2v) is 2.67. The van der Waals surface area contributed by atoms with E-state index in [0.717, 1.165) is 0 Å². The van der Waals surface area contributed by atoms with Crippen LogP contribution in [-0.2, 0) is 0 Å². The van der Waals surface area contributed by atoms with Gasteiger partial charge in [0.2, 0.25) is 0 Å². The van der Waals surface area contributed by atoms with Gasteiger partial charge in [-0.05, 0) is 19.8 Å². The van der Waals surface area contributed by atoms with Crippen LogP contribution >= 0.6 is 0 Å². The van der Waals surface area contributed by atoms with Crippen LogP contribution in [-0.4, -0.2) is 23.4 Å². The van der Waals surface area contributed by atoms with Crippen LogP contribution in [0.4, 0.5) is 9.18 Å². The number of halogens is 1. The quantitative estimate of drug-likeness (QED) is 0.674. The van der Waals surface area contributed by atoms with E-state index >= 15 is 0 Å². The SMILES string of the molecule is CC(C#N)(CCCF)NC(=O)O. The van der Waals surface area contributed by atoms with Gasteiger partial charge in [0.05, 0.1) is 12.7 Å². The number of hydrogen-bond acceptors (Lipinski definition) is 2. The number of nitrogens with one attached hydrogen (secondary N) is 1. The number of hydrogen-bond donors (Lipinski definition) is 2. The summed E-state index contributed by atoms with van der Waals surface area (Å²) in [5.41, 5.74) is -1.17. The number of nitriles is 1. The summed E-state index contributed by atoms with van der Waals surface area (Å²) in [7, 11) is 0. The molecular weight excluding hydrogens is 163 g/mol. The molecule has 0 aliphatic heterocycles. The zero-order valence-corrected chi connectivity index (χ0v) is 6.80. The summed E-state index contributed by atoms with van der Waals surface area (Å²) in [6.07, 6.45) is -0.894. The van der Waals surface area contributed by atoms with Crippen molar-refractivity contribution in [3.8, 4) is 6.07 Å². The molecule has 0 saturated heterocycles. The molecule has 12 heavy (non-hydrogen) atoms. The zero-order chi connectivity index (χ0) is 9.61. The standard InChI is InChI=1S/C7H11FN2O2/c1-7(5-9,3-2-4-8)10-6(11)12/h10H,2-4H2,1H3,(H,11,12). The molecule has 0 fully saturated rings. The molecule has 1 atom stereocenters. The van der Waals surface area contributed by atoms with Gasteiger partial charge < -0.3 is 10.4 Å². The van der Waals surface area contributed by atoms with Crippen molar-refractivity contribution in [2.24, 2.45) is 0 Å². The van der Waals surface area contributed by atoms with Crippen LogP contribution in [0.2, 0.25) is 0 Å². The van der Waals surface area contributed by atoms with Gasteiger partial charge in [-0.3, -0.25) is 4.39 Å². The summed E-state index contributed by atoms with van der Waals surface area (Å²) < 4.78 is 11.7. The van der Waals surface area contributed by atoms with E-state index in [1.165, 1.54) is 6.92 Å². The smallest absolute Gasteiger partial charge is 0.405 e. The van der Waals surface area contributed by atoms with Crippen LogP contribution < -0.4 is 5.32 Å². The third-order valence-electron chi connectivity index (χ3n) is 1.44. The fourth-order valence-corrected chi connectivity index (χ4v) is 0.803. The van der Waals surface area contributed by atoms with Crippen molar-refractivity contribution in [1.29, 1.82) is 5.26 Å². The van der Waals surface area contributed by atoms with Gasteiger partial charge >= 0.3 is 6.09 Å². The second kappa shape index (κ2) is 4.54. The average molecular weight is 174 g/mol. The Morgan fingerprint density at radius 1 is 1.83 bits per heavy atom. The van der Waals surface area contributed by atoms with E-state index in [1.807, 2.05) is 5.32 Å². The van der Waals surface area contributed by atoms with Crippen LogP contribution in [0.1, 0.15) is 19.8 Å². The normalized spacial score (nSPS) is 14.4. The predicted octanol–water partition coefficient (Wildman–Crippen LogP) is 1.29. The molecule has 1 unspecified atom stereocenters. The van der Waals surface area contributed by atoms with Gasteiger partial charge in [0, 0.05) is 0 Å². The summed E-state index contributed by atoms with van der Waals surface area (Å²) >= 11 is 0. The lowest BCUT2D eigenvalue weighted by atomic mass is 9.98. The molecule has 5 heteroatoms. The number of carboxylic acid groups (broad SMARTS) is 1. The molecule has 0 aromatic carbocycles. The van der Waals surface area contributed by atoms with Crippen molar-refractivity contribution >= 4 is 6.09 Å². The van der Waals surface area contributed by atoms with Gasteiger partial charge in [-0.15, -0.1) is 0 Å². The van der Waals surface area contributed by atoms with Gasteiger partial charge in [-0.25, -0.2) is 4.79 Å². The molecule has 0 aliphatic carbocycles. The minimum absolute atomic E-state index is 0.185. The van der Waals surface area contributed by atoms with Crippen LogP contribution in [0.3, 0.4) is 0 Å². The summed E-state index contributed by atoms with van der Waals surface area (Å²) in [5.74, 6) is 0. The van der Waals surface area contributed by atoms with E-state index in [4.69, 9.17) is 10.4 Å². The molecule has 68 valence electrons. The molecular formula is C7H11FN2O2. The lowest BCUT2D eigenvalue weighted by molar-refractivity contribution is 0.184. The monoisotopic (exact) mass is 174 g/mol. The van der Waals surface area contributed by atoms with Crippen molar-refractivity contribution in [3.63, 3.8) is 0 Å². The maximum Gasteiger partial charge on any atom is 0.405 e. The molecule has 0 spiro atoms. The number of nitrogens with zero attached hydrogens (tertiary/aromatic N) is 1. The van der Waals surface area contributed by atoms with Gasteiger partial charge in [0.15, 0.2) is 0 Å². The molecule has 0 radical (unpaired) electrons. The summed E-state index contributed by atoms with van der Waals surface area (Å²) in [6.45, 7) is 0.884. The van der Waals surface area contributed by atoms with Crippen LogP contribution in [0.25, 0.3) is 0 Å². The van der Waals surface area contributed by atoms with Crippen LogP contribution in [0.5, 0.6) is 0 Å². The first-order valence-electron chi connectivity index (χ1n) is 3.52. The summed E-state index contributed by atoms with van der Waals surface area (Å²) in [6, 6.07) is 1.79. The Labute approximate surface area is 70.0 Å². The highest BCUT2D eigenvalue weighted by molar-refractivity contribution is 5.66. The van der Waals surface area contributed by atoms with Crippen LogP contribution in [0.15, 0.2) is 0 Å². The number of alkyl halides is 1. The first-order chi connectivity index (χ1) is 5.54. The van der Waals surface area contributed by atoms with Gasteiger partial charge in [0.1, 0.15) is 5.54 Å². The molecule has 0 aromatic rings.